The van der Waals surface area contributed by atoms with E-state index in [2.05, 4.69) is 26.4 Å². The number of halogens is 1. The molecule has 1 aromatic carbocycles. The molecule has 2 aromatic rings. The molecular formula is C13H15BrN2O2. The van der Waals surface area contributed by atoms with E-state index in [0.29, 0.717) is 6.54 Å². The lowest BCUT2D eigenvalue weighted by Crippen LogP contribution is -2.12. The standard InChI is InChI=1S/C13H15BrN2O2/c1-9-5-11(16-18-9)8-15-7-10-3-4-13(17-2)12(14)6-10/h3-6,15H,7-8H2,1-2H3. The molecule has 1 N–H and O–H groups in total. The maximum Gasteiger partial charge on any atom is 0.133 e. The SMILES string of the molecule is COc1ccc(CNCc2cc(C)on2)cc1Br. The molecule has 0 radical (unpaired) electrons. The first-order valence-corrected chi connectivity index (χ1v) is 6.43. The Hall–Kier alpha value is -1.33. The molecule has 96 valence electrons. The third-order valence-electron chi connectivity index (χ3n) is 2.53. The molecule has 0 spiro atoms. The zero-order valence-corrected chi connectivity index (χ0v) is 12.0. The van der Waals surface area contributed by atoms with Crippen molar-refractivity contribution >= 4 is 15.9 Å². The Morgan fingerprint density at radius 3 is 2.78 bits per heavy atom. The first-order chi connectivity index (χ1) is 8.69. The van der Waals surface area contributed by atoms with Crippen LogP contribution in [0.1, 0.15) is 17.0 Å². The molecule has 2 rings (SSSR count). The fourth-order valence-electron chi connectivity index (χ4n) is 1.66. The summed E-state index contributed by atoms with van der Waals surface area (Å²) in [6.07, 6.45) is 0. The molecule has 0 saturated heterocycles. The lowest BCUT2D eigenvalue weighted by Gasteiger charge is -2.06. The summed E-state index contributed by atoms with van der Waals surface area (Å²) in [5.74, 6) is 1.67. The van der Waals surface area contributed by atoms with E-state index < -0.39 is 0 Å². The average Bonchev–Trinajstić information content (AvgIpc) is 2.75. The molecule has 0 saturated carbocycles. The second-order valence-electron chi connectivity index (χ2n) is 4.00. The van der Waals surface area contributed by atoms with Crippen molar-refractivity contribution in [2.75, 3.05) is 7.11 Å². The Morgan fingerprint density at radius 2 is 2.17 bits per heavy atom. The highest BCUT2D eigenvalue weighted by atomic mass is 79.9. The maximum absolute atomic E-state index is 5.19. The van der Waals surface area contributed by atoms with E-state index in [1.54, 1.807) is 7.11 Å². The Kier molecular flexibility index (Phi) is 4.38. The molecule has 0 aliphatic heterocycles. The lowest BCUT2D eigenvalue weighted by molar-refractivity contribution is 0.388. The number of methoxy groups -OCH3 is 1. The van der Waals surface area contributed by atoms with Crippen LogP contribution in [-0.2, 0) is 13.1 Å². The molecular weight excluding hydrogens is 296 g/mol. The molecule has 0 aliphatic carbocycles. The zero-order chi connectivity index (χ0) is 13.0. The predicted octanol–water partition coefficient (Wildman–Crippen LogP) is 3.04. The summed E-state index contributed by atoms with van der Waals surface area (Å²) in [7, 11) is 1.66. The summed E-state index contributed by atoms with van der Waals surface area (Å²) in [4.78, 5) is 0. The summed E-state index contributed by atoms with van der Waals surface area (Å²) in [6, 6.07) is 7.95. The highest BCUT2D eigenvalue weighted by molar-refractivity contribution is 9.10. The summed E-state index contributed by atoms with van der Waals surface area (Å²) >= 11 is 3.47. The van der Waals surface area contributed by atoms with E-state index in [1.165, 1.54) is 5.56 Å². The topological polar surface area (TPSA) is 47.3 Å². The number of nitrogens with zero attached hydrogens (tertiary/aromatic N) is 1. The first kappa shape index (κ1) is 13.1. The van der Waals surface area contributed by atoms with Gasteiger partial charge in [-0.3, -0.25) is 0 Å². The first-order valence-electron chi connectivity index (χ1n) is 5.64. The molecule has 1 aromatic heterocycles. The van der Waals surface area contributed by atoms with Gasteiger partial charge >= 0.3 is 0 Å². The largest absolute Gasteiger partial charge is 0.496 e. The van der Waals surface area contributed by atoms with Crippen LogP contribution < -0.4 is 10.1 Å². The quantitative estimate of drug-likeness (QED) is 0.922. The third kappa shape index (κ3) is 3.34. The van der Waals surface area contributed by atoms with Crippen molar-refractivity contribution in [2.45, 2.75) is 20.0 Å². The van der Waals surface area contributed by atoms with Crippen LogP contribution in [0.25, 0.3) is 0 Å². The minimum Gasteiger partial charge on any atom is -0.496 e. The summed E-state index contributed by atoms with van der Waals surface area (Å²) in [6.45, 7) is 3.35. The van der Waals surface area contributed by atoms with E-state index in [1.807, 2.05) is 31.2 Å². The summed E-state index contributed by atoms with van der Waals surface area (Å²) in [5, 5.41) is 7.24. The number of aryl methyl sites for hydroxylation is 1. The van der Waals surface area contributed by atoms with E-state index >= 15 is 0 Å². The van der Waals surface area contributed by atoms with Gasteiger partial charge in [-0.15, -0.1) is 0 Å². The molecule has 1 heterocycles. The van der Waals surface area contributed by atoms with Crippen molar-refractivity contribution in [3.05, 3.63) is 45.8 Å². The monoisotopic (exact) mass is 310 g/mol. The van der Waals surface area contributed by atoms with Crippen LogP contribution in [-0.4, -0.2) is 12.3 Å². The van der Waals surface area contributed by atoms with Crippen LogP contribution in [0.5, 0.6) is 5.75 Å². The Bertz CT molecular complexity index is 525. The second kappa shape index (κ2) is 6.02. The van der Waals surface area contributed by atoms with Gasteiger partial charge in [0.1, 0.15) is 11.5 Å². The Morgan fingerprint density at radius 1 is 1.33 bits per heavy atom. The molecule has 0 aliphatic rings. The highest BCUT2D eigenvalue weighted by Gasteiger charge is 2.02. The van der Waals surface area contributed by atoms with Gasteiger partial charge in [-0.25, -0.2) is 0 Å². The third-order valence-corrected chi connectivity index (χ3v) is 3.15. The number of benzene rings is 1. The van der Waals surface area contributed by atoms with Crippen LogP contribution in [0.4, 0.5) is 0 Å². The molecule has 0 bridgehead atoms. The summed E-state index contributed by atoms with van der Waals surface area (Å²) in [5.41, 5.74) is 2.10. The molecule has 0 unspecified atom stereocenters. The molecule has 5 heteroatoms. The van der Waals surface area contributed by atoms with Gasteiger partial charge < -0.3 is 14.6 Å². The van der Waals surface area contributed by atoms with Gasteiger partial charge in [-0.1, -0.05) is 11.2 Å². The van der Waals surface area contributed by atoms with Gasteiger partial charge in [0.05, 0.1) is 17.3 Å². The van der Waals surface area contributed by atoms with Gasteiger partial charge in [-0.05, 0) is 40.5 Å². The smallest absolute Gasteiger partial charge is 0.133 e. The van der Waals surface area contributed by atoms with Gasteiger partial charge in [0, 0.05) is 19.2 Å². The maximum atomic E-state index is 5.19. The fraction of sp³-hybridized carbons (Fsp3) is 0.308. The number of ether oxygens (including phenoxy) is 1. The van der Waals surface area contributed by atoms with E-state index in [0.717, 1.165) is 28.2 Å². The molecule has 0 fully saturated rings. The molecule has 18 heavy (non-hydrogen) atoms. The van der Waals surface area contributed by atoms with Crippen molar-refractivity contribution in [3.8, 4) is 5.75 Å². The number of nitrogens with one attached hydrogen (secondary N) is 1. The predicted molar refractivity (Wildman–Crippen MR) is 72.5 cm³/mol. The minimum atomic E-state index is 0.695. The van der Waals surface area contributed by atoms with Gasteiger partial charge in [0.25, 0.3) is 0 Å². The van der Waals surface area contributed by atoms with E-state index in [-0.39, 0.29) is 0 Å². The minimum absolute atomic E-state index is 0.695. The number of hydrogen-bond acceptors (Lipinski definition) is 4. The second-order valence-corrected chi connectivity index (χ2v) is 4.86. The van der Waals surface area contributed by atoms with E-state index in [9.17, 15) is 0 Å². The van der Waals surface area contributed by atoms with Gasteiger partial charge in [0.2, 0.25) is 0 Å². The van der Waals surface area contributed by atoms with Crippen molar-refractivity contribution < 1.29 is 9.26 Å². The van der Waals surface area contributed by atoms with Crippen LogP contribution in [0, 0.1) is 6.92 Å². The van der Waals surface area contributed by atoms with E-state index in [4.69, 9.17) is 9.26 Å². The Balaban J connectivity index is 1.88. The van der Waals surface area contributed by atoms with Crippen LogP contribution in [0.2, 0.25) is 0 Å². The lowest BCUT2D eigenvalue weighted by atomic mass is 10.2. The van der Waals surface area contributed by atoms with Crippen molar-refractivity contribution in [2.24, 2.45) is 0 Å². The van der Waals surface area contributed by atoms with Crippen molar-refractivity contribution in [1.82, 2.24) is 10.5 Å². The van der Waals surface area contributed by atoms with Crippen LogP contribution in [0.3, 0.4) is 0 Å². The summed E-state index contributed by atoms with van der Waals surface area (Å²) < 4.78 is 11.1. The highest BCUT2D eigenvalue weighted by Crippen LogP contribution is 2.25. The average molecular weight is 311 g/mol. The normalized spacial score (nSPS) is 10.6. The Labute approximate surface area is 114 Å². The number of aromatic nitrogens is 1. The van der Waals surface area contributed by atoms with Gasteiger partial charge in [-0.2, -0.15) is 0 Å². The van der Waals surface area contributed by atoms with Crippen LogP contribution >= 0.6 is 15.9 Å². The number of hydrogen-bond donors (Lipinski definition) is 1. The zero-order valence-electron chi connectivity index (χ0n) is 10.4. The van der Waals surface area contributed by atoms with Crippen LogP contribution in [0.15, 0.2) is 33.3 Å². The fourth-order valence-corrected chi connectivity index (χ4v) is 2.24. The molecule has 0 amide bonds. The van der Waals surface area contributed by atoms with Crippen molar-refractivity contribution in [1.29, 1.82) is 0 Å². The molecule has 0 atom stereocenters. The van der Waals surface area contributed by atoms with Crippen molar-refractivity contribution in [3.63, 3.8) is 0 Å². The number of rotatable bonds is 5. The molecule has 4 nitrogen and oxygen atoms in total. The van der Waals surface area contributed by atoms with Gasteiger partial charge in [0.15, 0.2) is 0 Å².